The van der Waals surface area contributed by atoms with Gasteiger partial charge >= 0.3 is 0 Å². The van der Waals surface area contributed by atoms with Crippen molar-refractivity contribution in [2.75, 3.05) is 4.43 Å². The van der Waals surface area contributed by atoms with E-state index < -0.39 is 0 Å². The molecule has 0 aromatic rings. The van der Waals surface area contributed by atoms with Gasteiger partial charge in [0.15, 0.2) is 0 Å². The monoisotopic (exact) mass is 254 g/mol. The lowest BCUT2D eigenvalue weighted by Crippen LogP contribution is -1.97. The van der Waals surface area contributed by atoms with Crippen LogP contribution in [0.15, 0.2) is 0 Å². The van der Waals surface area contributed by atoms with Crippen molar-refractivity contribution in [2.45, 2.75) is 39.0 Å². The maximum atomic E-state index is 10.8. The smallest absolute Gasteiger partial charge is 0.142 e. The fourth-order valence-corrected chi connectivity index (χ4v) is 1.20. The quantitative estimate of drug-likeness (QED) is 0.404. The molecule has 0 aromatic carbocycles. The molecule has 0 spiro atoms. The minimum atomic E-state index is 0.400. The molecule has 0 amide bonds. The Morgan fingerprint density at radius 3 is 2.50 bits per heavy atom. The van der Waals surface area contributed by atoms with Gasteiger partial charge in [0.2, 0.25) is 0 Å². The van der Waals surface area contributed by atoms with Gasteiger partial charge in [-0.25, -0.2) is 0 Å². The zero-order chi connectivity index (χ0) is 7.82. The number of unbranched alkanes of at least 4 members (excludes halogenated alkanes) is 3. The molecule has 60 valence electrons. The van der Waals surface area contributed by atoms with Gasteiger partial charge in [0.05, 0.1) is 4.43 Å². The molecule has 0 radical (unpaired) electrons. The average molecular weight is 254 g/mol. The van der Waals surface area contributed by atoms with Crippen LogP contribution in [0.3, 0.4) is 0 Å². The van der Waals surface area contributed by atoms with Gasteiger partial charge in [-0.1, -0.05) is 48.8 Å². The molecule has 0 fully saturated rings. The zero-order valence-electron chi connectivity index (χ0n) is 6.53. The van der Waals surface area contributed by atoms with Gasteiger partial charge in [-0.05, 0) is 6.42 Å². The van der Waals surface area contributed by atoms with E-state index in [1.807, 2.05) is 0 Å². The van der Waals surface area contributed by atoms with Crippen LogP contribution >= 0.6 is 22.6 Å². The van der Waals surface area contributed by atoms with Crippen molar-refractivity contribution in [3.8, 4) is 0 Å². The second-order valence-corrected chi connectivity index (χ2v) is 3.25. The maximum Gasteiger partial charge on any atom is 0.142 e. The molecule has 0 N–H and O–H groups in total. The Morgan fingerprint density at radius 1 is 1.30 bits per heavy atom. The van der Waals surface area contributed by atoms with Crippen molar-refractivity contribution in [2.24, 2.45) is 0 Å². The third-order valence-electron chi connectivity index (χ3n) is 1.46. The number of hydrogen-bond donors (Lipinski definition) is 0. The SMILES string of the molecule is CCCCCCC(=O)CI. The third kappa shape index (κ3) is 6.52. The first-order valence-corrected chi connectivity index (χ1v) is 5.41. The number of hydrogen-bond acceptors (Lipinski definition) is 1. The predicted octanol–water partition coefficient (Wildman–Crippen LogP) is 2.96. The van der Waals surface area contributed by atoms with Gasteiger partial charge in [-0.2, -0.15) is 0 Å². The summed E-state index contributed by atoms with van der Waals surface area (Å²) in [6, 6.07) is 0. The molecule has 0 rings (SSSR count). The summed E-state index contributed by atoms with van der Waals surface area (Å²) in [4.78, 5) is 10.8. The van der Waals surface area contributed by atoms with Crippen LogP contribution in [0.2, 0.25) is 0 Å². The molecule has 0 aromatic heterocycles. The number of Topliss-reactive ketones (excluding diaryl/α,β-unsaturated/α-hetero) is 1. The fourth-order valence-electron chi connectivity index (χ4n) is 0.816. The molecule has 0 aliphatic carbocycles. The van der Waals surface area contributed by atoms with E-state index in [1.54, 1.807) is 0 Å². The summed E-state index contributed by atoms with van der Waals surface area (Å²) in [6.07, 6.45) is 5.63. The van der Waals surface area contributed by atoms with Crippen molar-refractivity contribution < 1.29 is 4.79 Å². The largest absolute Gasteiger partial charge is 0.299 e. The lowest BCUT2D eigenvalue weighted by atomic mass is 10.1. The summed E-state index contributed by atoms with van der Waals surface area (Å²) in [5, 5.41) is 0. The number of carbonyl (C=O) groups is 1. The summed E-state index contributed by atoms with van der Waals surface area (Å²) in [6.45, 7) is 2.18. The van der Waals surface area contributed by atoms with Crippen molar-refractivity contribution in [3.63, 3.8) is 0 Å². The highest BCUT2D eigenvalue weighted by atomic mass is 127. The molecule has 0 aliphatic heterocycles. The summed E-state index contributed by atoms with van der Waals surface area (Å²) in [7, 11) is 0. The second-order valence-electron chi connectivity index (χ2n) is 2.48. The number of alkyl halides is 1. The van der Waals surface area contributed by atoms with E-state index in [4.69, 9.17) is 0 Å². The molecule has 0 saturated heterocycles. The Kier molecular flexibility index (Phi) is 7.81. The topological polar surface area (TPSA) is 17.1 Å². The average Bonchev–Trinajstić information content (AvgIpc) is 1.98. The van der Waals surface area contributed by atoms with Crippen LogP contribution < -0.4 is 0 Å². The lowest BCUT2D eigenvalue weighted by Gasteiger charge is -1.95. The first kappa shape index (κ1) is 10.4. The Hall–Kier alpha value is 0.400. The van der Waals surface area contributed by atoms with E-state index in [0.29, 0.717) is 10.2 Å². The van der Waals surface area contributed by atoms with E-state index in [9.17, 15) is 4.79 Å². The van der Waals surface area contributed by atoms with Gasteiger partial charge in [0.1, 0.15) is 5.78 Å². The van der Waals surface area contributed by atoms with E-state index in [2.05, 4.69) is 29.5 Å². The predicted molar refractivity (Wildman–Crippen MR) is 52.7 cm³/mol. The van der Waals surface area contributed by atoms with Crippen LogP contribution in [0, 0.1) is 0 Å². The first-order valence-electron chi connectivity index (χ1n) is 3.89. The number of halogens is 1. The fraction of sp³-hybridized carbons (Fsp3) is 0.875. The molecule has 10 heavy (non-hydrogen) atoms. The minimum Gasteiger partial charge on any atom is -0.299 e. The van der Waals surface area contributed by atoms with Crippen LogP contribution in [0.5, 0.6) is 0 Å². The third-order valence-corrected chi connectivity index (χ3v) is 2.31. The van der Waals surface area contributed by atoms with Crippen molar-refractivity contribution in [1.82, 2.24) is 0 Å². The van der Waals surface area contributed by atoms with Gasteiger partial charge in [0.25, 0.3) is 0 Å². The number of carbonyl (C=O) groups excluding carboxylic acids is 1. The van der Waals surface area contributed by atoms with Crippen LogP contribution in [0.25, 0.3) is 0 Å². The molecule has 0 saturated carbocycles. The van der Waals surface area contributed by atoms with Crippen LogP contribution in [-0.2, 0) is 4.79 Å². The molecule has 0 heterocycles. The normalized spacial score (nSPS) is 9.80. The Balaban J connectivity index is 2.96. The Morgan fingerprint density at radius 2 is 2.00 bits per heavy atom. The van der Waals surface area contributed by atoms with E-state index in [0.717, 1.165) is 12.8 Å². The highest BCUT2D eigenvalue weighted by Crippen LogP contribution is 2.03. The van der Waals surface area contributed by atoms with E-state index >= 15 is 0 Å². The summed E-state index contributed by atoms with van der Waals surface area (Å²) in [5.74, 6) is 0.400. The molecule has 0 bridgehead atoms. The Labute approximate surface area is 76.7 Å². The highest BCUT2D eigenvalue weighted by Gasteiger charge is 1.96. The number of ketones is 1. The standard InChI is InChI=1S/C8H15IO/c1-2-3-4-5-6-8(10)7-9/h2-7H2,1H3. The van der Waals surface area contributed by atoms with Crippen molar-refractivity contribution in [1.29, 1.82) is 0 Å². The maximum absolute atomic E-state index is 10.8. The number of rotatable bonds is 6. The van der Waals surface area contributed by atoms with Crippen molar-refractivity contribution >= 4 is 28.4 Å². The van der Waals surface area contributed by atoms with Crippen LogP contribution in [0.1, 0.15) is 39.0 Å². The summed E-state index contributed by atoms with van der Waals surface area (Å²) in [5.41, 5.74) is 0. The van der Waals surface area contributed by atoms with Crippen LogP contribution in [0.4, 0.5) is 0 Å². The Bertz CT molecular complexity index is 91.3. The molecule has 1 nitrogen and oxygen atoms in total. The minimum absolute atomic E-state index is 0.400. The zero-order valence-corrected chi connectivity index (χ0v) is 8.69. The van der Waals surface area contributed by atoms with E-state index in [-0.39, 0.29) is 0 Å². The van der Waals surface area contributed by atoms with Gasteiger partial charge in [-0.15, -0.1) is 0 Å². The van der Waals surface area contributed by atoms with Gasteiger partial charge in [0, 0.05) is 6.42 Å². The van der Waals surface area contributed by atoms with Gasteiger partial charge < -0.3 is 0 Å². The molecule has 0 aliphatic rings. The molecular weight excluding hydrogens is 239 g/mol. The second kappa shape index (κ2) is 7.51. The summed E-state index contributed by atoms with van der Waals surface area (Å²) < 4.78 is 0.684. The molecular formula is C8H15IO. The molecule has 0 unspecified atom stereocenters. The molecule has 0 atom stereocenters. The molecule has 2 heteroatoms. The first-order chi connectivity index (χ1) is 4.81. The van der Waals surface area contributed by atoms with E-state index in [1.165, 1.54) is 19.3 Å². The van der Waals surface area contributed by atoms with Crippen molar-refractivity contribution in [3.05, 3.63) is 0 Å². The highest BCUT2D eigenvalue weighted by molar-refractivity contribution is 14.1. The lowest BCUT2D eigenvalue weighted by molar-refractivity contribution is -0.116. The van der Waals surface area contributed by atoms with Crippen LogP contribution in [-0.4, -0.2) is 10.2 Å². The van der Waals surface area contributed by atoms with Gasteiger partial charge in [-0.3, -0.25) is 4.79 Å². The summed E-state index contributed by atoms with van der Waals surface area (Å²) >= 11 is 2.12.